The van der Waals surface area contributed by atoms with Crippen LogP contribution in [0.2, 0.25) is 5.02 Å². The van der Waals surface area contributed by atoms with Crippen LogP contribution in [0.4, 0.5) is 0 Å². The Hall–Kier alpha value is -2.07. The second-order valence-corrected chi connectivity index (χ2v) is 4.41. The summed E-state index contributed by atoms with van der Waals surface area (Å²) in [6.07, 6.45) is 1.76. The van der Waals surface area contributed by atoms with Crippen LogP contribution >= 0.6 is 11.6 Å². The molecule has 0 aliphatic rings. The van der Waals surface area contributed by atoms with Gasteiger partial charge in [-0.3, -0.25) is 9.59 Å². The van der Waals surface area contributed by atoms with Gasteiger partial charge < -0.3 is 9.72 Å². The lowest BCUT2D eigenvalue weighted by atomic mass is 10.1. The molecule has 0 unspecified atom stereocenters. The van der Waals surface area contributed by atoms with Crippen LogP contribution in [0.15, 0.2) is 42.6 Å². The molecule has 0 bridgehead atoms. The molecule has 2 rings (SSSR count). The Kier molecular flexibility index (Phi) is 4.36. The van der Waals surface area contributed by atoms with Crippen molar-refractivity contribution in [2.75, 3.05) is 6.61 Å². The Morgan fingerprint density at radius 1 is 1.16 bits per heavy atom. The van der Waals surface area contributed by atoms with Gasteiger partial charge in [-0.2, -0.15) is 0 Å². The van der Waals surface area contributed by atoms with Crippen molar-refractivity contribution < 1.29 is 14.3 Å². The molecule has 1 aromatic carbocycles. The van der Waals surface area contributed by atoms with Gasteiger partial charge in [0.1, 0.15) is 0 Å². The van der Waals surface area contributed by atoms with E-state index in [2.05, 4.69) is 4.98 Å². The third-order valence-electron chi connectivity index (χ3n) is 2.52. The first kappa shape index (κ1) is 13.4. The topological polar surface area (TPSA) is 59.2 Å². The number of nitrogens with one attached hydrogen (secondary N) is 1. The van der Waals surface area contributed by atoms with Gasteiger partial charge in [0.15, 0.2) is 6.61 Å². The van der Waals surface area contributed by atoms with Crippen molar-refractivity contribution in [3.8, 4) is 0 Å². The summed E-state index contributed by atoms with van der Waals surface area (Å²) in [5.41, 5.74) is 1.22. The number of Topliss-reactive ketones (excluding diaryl/α,β-unsaturated/α-hetero) is 1. The van der Waals surface area contributed by atoms with E-state index in [4.69, 9.17) is 16.3 Å². The first-order valence-electron chi connectivity index (χ1n) is 5.72. The largest absolute Gasteiger partial charge is 0.457 e. The van der Waals surface area contributed by atoms with Crippen molar-refractivity contribution in [1.29, 1.82) is 0 Å². The zero-order chi connectivity index (χ0) is 13.7. The number of aromatic amines is 1. The van der Waals surface area contributed by atoms with E-state index < -0.39 is 5.97 Å². The third kappa shape index (κ3) is 3.96. The van der Waals surface area contributed by atoms with Crippen molar-refractivity contribution in [2.24, 2.45) is 0 Å². The summed E-state index contributed by atoms with van der Waals surface area (Å²) in [6, 6.07) is 10.2. The van der Waals surface area contributed by atoms with Crippen molar-refractivity contribution in [1.82, 2.24) is 4.98 Å². The zero-order valence-corrected chi connectivity index (χ0v) is 10.8. The van der Waals surface area contributed by atoms with Gasteiger partial charge in [-0.1, -0.05) is 23.7 Å². The summed E-state index contributed by atoms with van der Waals surface area (Å²) < 4.78 is 4.92. The first-order valence-corrected chi connectivity index (χ1v) is 6.09. The Morgan fingerprint density at radius 3 is 2.53 bits per heavy atom. The lowest BCUT2D eigenvalue weighted by molar-refractivity contribution is -0.141. The molecule has 0 aliphatic carbocycles. The molecular weight excluding hydrogens is 266 g/mol. The second-order valence-electron chi connectivity index (χ2n) is 3.97. The van der Waals surface area contributed by atoms with Crippen LogP contribution in [-0.2, 0) is 16.0 Å². The van der Waals surface area contributed by atoms with Gasteiger partial charge in [0, 0.05) is 11.2 Å². The van der Waals surface area contributed by atoms with Crippen LogP contribution in [-0.4, -0.2) is 23.3 Å². The summed E-state index contributed by atoms with van der Waals surface area (Å²) >= 11 is 5.74. The number of ether oxygens (including phenoxy) is 1. The molecule has 1 N–H and O–H groups in total. The number of aromatic nitrogens is 1. The van der Waals surface area contributed by atoms with E-state index >= 15 is 0 Å². The Labute approximate surface area is 115 Å². The minimum Gasteiger partial charge on any atom is -0.457 e. The number of halogens is 1. The quantitative estimate of drug-likeness (QED) is 0.675. The molecular formula is C14H12ClNO3. The first-order chi connectivity index (χ1) is 9.15. The fourth-order valence-electron chi connectivity index (χ4n) is 1.55. The molecule has 0 aliphatic heterocycles. The normalized spacial score (nSPS) is 10.2. The summed E-state index contributed by atoms with van der Waals surface area (Å²) in [7, 11) is 0. The van der Waals surface area contributed by atoms with E-state index in [9.17, 15) is 9.59 Å². The van der Waals surface area contributed by atoms with Crippen molar-refractivity contribution in [3.05, 3.63) is 58.9 Å². The number of benzene rings is 1. The van der Waals surface area contributed by atoms with Crippen molar-refractivity contribution >= 4 is 23.4 Å². The van der Waals surface area contributed by atoms with Crippen LogP contribution in [0.25, 0.3) is 0 Å². The van der Waals surface area contributed by atoms with Crippen molar-refractivity contribution in [2.45, 2.75) is 6.42 Å². The molecule has 1 heterocycles. The number of ketones is 1. The number of carbonyl (C=O) groups is 2. The van der Waals surface area contributed by atoms with Crippen LogP contribution in [0.3, 0.4) is 0 Å². The van der Waals surface area contributed by atoms with Crippen molar-refractivity contribution in [3.63, 3.8) is 0 Å². The van der Waals surface area contributed by atoms with Crippen LogP contribution in [0, 0.1) is 0 Å². The maximum atomic E-state index is 11.6. The molecule has 5 heteroatoms. The van der Waals surface area contributed by atoms with E-state index in [1.54, 1.807) is 42.6 Å². The summed E-state index contributed by atoms with van der Waals surface area (Å²) in [6.45, 7) is -0.257. The number of esters is 1. The van der Waals surface area contributed by atoms with E-state index in [-0.39, 0.29) is 18.8 Å². The second kappa shape index (κ2) is 6.20. The van der Waals surface area contributed by atoms with Gasteiger partial charge in [0.05, 0.1) is 12.1 Å². The van der Waals surface area contributed by atoms with Crippen LogP contribution in [0.1, 0.15) is 16.1 Å². The Bertz CT molecular complexity index is 561. The Balaban J connectivity index is 1.82. The lowest BCUT2D eigenvalue weighted by Gasteiger charge is -2.03. The predicted octanol–water partition coefficient (Wildman–Crippen LogP) is 2.64. The summed E-state index contributed by atoms with van der Waals surface area (Å²) in [5.74, 6) is -0.698. The molecule has 2 aromatic rings. The number of hydrogen-bond acceptors (Lipinski definition) is 3. The van der Waals surface area contributed by atoms with Gasteiger partial charge in [-0.25, -0.2) is 0 Å². The molecule has 0 fully saturated rings. The standard InChI is InChI=1S/C14H12ClNO3/c15-11-5-3-10(4-6-11)8-14(18)19-9-13(17)12-2-1-7-16-12/h1-7,16H,8-9H2. The molecule has 4 nitrogen and oxygen atoms in total. The van der Waals surface area contributed by atoms with E-state index in [1.807, 2.05) is 0 Å². The fourth-order valence-corrected chi connectivity index (χ4v) is 1.67. The van der Waals surface area contributed by atoms with Crippen LogP contribution < -0.4 is 0 Å². The number of carbonyl (C=O) groups excluding carboxylic acids is 2. The maximum Gasteiger partial charge on any atom is 0.310 e. The zero-order valence-electron chi connectivity index (χ0n) is 10.1. The minimum atomic E-state index is -0.442. The average molecular weight is 278 g/mol. The highest BCUT2D eigenvalue weighted by molar-refractivity contribution is 6.30. The number of hydrogen-bond donors (Lipinski definition) is 1. The van der Waals surface area contributed by atoms with Gasteiger partial charge in [-0.05, 0) is 29.8 Å². The van der Waals surface area contributed by atoms with E-state index in [1.165, 1.54) is 0 Å². The molecule has 0 spiro atoms. The van der Waals surface area contributed by atoms with E-state index in [0.29, 0.717) is 10.7 Å². The predicted molar refractivity (Wildman–Crippen MR) is 71.2 cm³/mol. The molecule has 0 atom stereocenters. The van der Waals surface area contributed by atoms with E-state index in [0.717, 1.165) is 5.56 Å². The third-order valence-corrected chi connectivity index (χ3v) is 2.78. The minimum absolute atomic E-state index is 0.120. The summed E-state index contributed by atoms with van der Waals surface area (Å²) in [5, 5.41) is 0.610. The average Bonchev–Trinajstić information content (AvgIpc) is 2.93. The number of H-pyrrole nitrogens is 1. The molecule has 98 valence electrons. The molecule has 1 aromatic heterocycles. The molecule has 0 saturated heterocycles. The highest BCUT2D eigenvalue weighted by Crippen LogP contribution is 2.10. The lowest BCUT2D eigenvalue weighted by Crippen LogP contribution is -2.15. The molecule has 0 amide bonds. The highest BCUT2D eigenvalue weighted by Gasteiger charge is 2.10. The maximum absolute atomic E-state index is 11.6. The highest BCUT2D eigenvalue weighted by atomic mass is 35.5. The SMILES string of the molecule is O=C(Cc1ccc(Cl)cc1)OCC(=O)c1ccc[nH]1. The monoisotopic (exact) mass is 277 g/mol. The van der Waals surface area contributed by atoms with Gasteiger partial charge in [0.2, 0.25) is 5.78 Å². The Morgan fingerprint density at radius 2 is 1.89 bits per heavy atom. The fraction of sp³-hybridized carbons (Fsp3) is 0.143. The number of rotatable bonds is 5. The van der Waals surface area contributed by atoms with Gasteiger partial charge in [0.25, 0.3) is 0 Å². The molecule has 19 heavy (non-hydrogen) atoms. The smallest absolute Gasteiger partial charge is 0.310 e. The molecule has 0 saturated carbocycles. The van der Waals surface area contributed by atoms with Gasteiger partial charge >= 0.3 is 5.97 Å². The molecule has 0 radical (unpaired) electrons. The summed E-state index contributed by atoms with van der Waals surface area (Å²) in [4.78, 5) is 25.9. The van der Waals surface area contributed by atoms with Crippen LogP contribution in [0.5, 0.6) is 0 Å². The van der Waals surface area contributed by atoms with Gasteiger partial charge in [-0.15, -0.1) is 0 Å².